The standard InChI is InChI=1S/C19H21NO3.C2HF3O2/c1-22-16-9-5-8-15(12-16)19(21)23-18-13-20-11-10-17(18)14-6-3-2-4-7-14;3-2(4,5)1(6)7/h2-9,12,17-18,20H,10-11,13H2,1H3;(H,6,7)/t17-,18+;/m1./s1. The predicted octanol–water partition coefficient (Wildman–Crippen LogP) is 3.63. The van der Waals surface area contributed by atoms with Crippen molar-refractivity contribution in [2.24, 2.45) is 0 Å². The summed E-state index contributed by atoms with van der Waals surface area (Å²) in [5.74, 6) is -2.18. The van der Waals surface area contributed by atoms with Crippen LogP contribution in [0.2, 0.25) is 0 Å². The number of aliphatic carboxylic acids is 1. The molecule has 0 unspecified atom stereocenters. The third kappa shape index (κ3) is 6.77. The first-order valence-electron chi connectivity index (χ1n) is 9.13. The Kier molecular flexibility index (Phi) is 8.23. The monoisotopic (exact) mass is 425 g/mol. The van der Waals surface area contributed by atoms with Crippen molar-refractivity contribution in [3.63, 3.8) is 0 Å². The van der Waals surface area contributed by atoms with Crippen molar-refractivity contribution in [2.75, 3.05) is 20.2 Å². The van der Waals surface area contributed by atoms with Gasteiger partial charge in [0.25, 0.3) is 0 Å². The highest BCUT2D eigenvalue weighted by atomic mass is 19.4. The van der Waals surface area contributed by atoms with Gasteiger partial charge in [-0.2, -0.15) is 13.2 Å². The van der Waals surface area contributed by atoms with Crippen LogP contribution in [0.25, 0.3) is 0 Å². The number of piperidine rings is 1. The number of carbonyl (C=O) groups excluding carboxylic acids is 1. The molecule has 6 nitrogen and oxygen atoms in total. The number of esters is 1. The average Bonchev–Trinajstić information content (AvgIpc) is 2.74. The van der Waals surface area contributed by atoms with E-state index in [2.05, 4.69) is 17.4 Å². The summed E-state index contributed by atoms with van der Waals surface area (Å²) in [5, 5.41) is 10.4. The number of benzene rings is 2. The molecule has 1 heterocycles. The molecule has 2 aromatic rings. The van der Waals surface area contributed by atoms with Crippen LogP contribution in [-0.2, 0) is 9.53 Å². The molecule has 1 saturated heterocycles. The molecule has 1 aliphatic heterocycles. The number of alkyl halides is 3. The molecule has 1 fully saturated rings. The first kappa shape index (κ1) is 23.2. The quantitative estimate of drug-likeness (QED) is 0.728. The van der Waals surface area contributed by atoms with Gasteiger partial charge in [0.15, 0.2) is 0 Å². The Morgan fingerprint density at radius 1 is 1.10 bits per heavy atom. The van der Waals surface area contributed by atoms with Gasteiger partial charge in [0.2, 0.25) is 0 Å². The van der Waals surface area contributed by atoms with Gasteiger partial charge in [0.1, 0.15) is 11.9 Å². The van der Waals surface area contributed by atoms with Crippen molar-refractivity contribution < 1.29 is 37.3 Å². The van der Waals surface area contributed by atoms with Crippen LogP contribution in [0.1, 0.15) is 28.3 Å². The number of carboxylic acids is 1. The van der Waals surface area contributed by atoms with E-state index in [0.717, 1.165) is 13.0 Å². The van der Waals surface area contributed by atoms with Crippen molar-refractivity contribution in [3.8, 4) is 5.75 Å². The van der Waals surface area contributed by atoms with Crippen LogP contribution in [0.15, 0.2) is 54.6 Å². The number of hydrogen-bond donors (Lipinski definition) is 2. The van der Waals surface area contributed by atoms with Crippen molar-refractivity contribution in [3.05, 3.63) is 65.7 Å². The zero-order valence-corrected chi connectivity index (χ0v) is 16.2. The summed E-state index contributed by atoms with van der Waals surface area (Å²) in [6.45, 7) is 1.61. The molecule has 1 aliphatic rings. The lowest BCUT2D eigenvalue weighted by atomic mass is 9.88. The van der Waals surface area contributed by atoms with E-state index >= 15 is 0 Å². The zero-order valence-electron chi connectivity index (χ0n) is 16.2. The Bertz CT molecular complexity index is 842. The molecule has 3 rings (SSSR count). The van der Waals surface area contributed by atoms with Crippen LogP contribution in [-0.4, -0.2) is 49.5 Å². The van der Waals surface area contributed by atoms with Gasteiger partial charge >= 0.3 is 18.1 Å². The van der Waals surface area contributed by atoms with Crippen molar-refractivity contribution in [1.82, 2.24) is 5.32 Å². The lowest BCUT2D eigenvalue weighted by Crippen LogP contribution is -2.42. The molecular formula is C21H22F3NO5. The molecule has 162 valence electrons. The third-order valence-corrected chi connectivity index (χ3v) is 4.46. The zero-order chi connectivity index (χ0) is 22.1. The molecule has 2 N–H and O–H groups in total. The molecular weight excluding hydrogens is 403 g/mol. The number of halogens is 3. The van der Waals surface area contributed by atoms with Gasteiger partial charge in [-0.25, -0.2) is 9.59 Å². The van der Waals surface area contributed by atoms with E-state index in [1.807, 2.05) is 24.3 Å². The van der Waals surface area contributed by atoms with E-state index in [1.54, 1.807) is 25.3 Å². The van der Waals surface area contributed by atoms with Crippen LogP contribution >= 0.6 is 0 Å². The van der Waals surface area contributed by atoms with Gasteiger partial charge in [0, 0.05) is 12.5 Å². The minimum absolute atomic E-state index is 0.162. The van der Waals surface area contributed by atoms with E-state index < -0.39 is 12.1 Å². The summed E-state index contributed by atoms with van der Waals surface area (Å²) in [4.78, 5) is 21.3. The maximum Gasteiger partial charge on any atom is 0.490 e. The summed E-state index contributed by atoms with van der Waals surface area (Å²) in [5.41, 5.74) is 1.74. The Balaban J connectivity index is 0.000000396. The normalized spacial score (nSPS) is 18.5. The number of hydrogen-bond acceptors (Lipinski definition) is 5. The largest absolute Gasteiger partial charge is 0.497 e. The fourth-order valence-electron chi connectivity index (χ4n) is 2.99. The first-order chi connectivity index (χ1) is 14.2. The average molecular weight is 425 g/mol. The number of ether oxygens (including phenoxy) is 2. The van der Waals surface area contributed by atoms with Gasteiger partial charge in [-0.3, -0.25) is 0 Å². The van der Waals surface area contributed by atoms with Crippen LogP contribution in [0, 0.1) is 0 Å². The number of carbonyl (C=O) groups is 2. The van der Waals surface area contributed by atoms with Crippen LogP contribution in [0.4, 0.5) is 13.2 Å². The highest BCUT2D eigenvalue weighted by Gasteiger charge is 2.38. The Labute approximate surface area is 171 Å². The highest BCUT2D eigenvalue weighted by Crippen LogP contribution is 2.28. The second kappa shape index (κ2) is 10.6. The van der Waals surface area contributed by atoms with Gasteiger partial charge in [0.05, 0.1) is 12.7 Å². The van der Waals surface area contributed by atoms with Crippen molar-refractivity contribution in [1.29, 1.82) is 0 Å². The molecule has 0 amide bonds. The second-order valence-electron chi connectivity index (χ2n) is 6.49. The summed E-state index contributed by atoms with van der Waals surface area (Å²) >= 11 is 0. The van der Waals surface area contributed by atoms with E-state index in [9.17, 15) is 18.0 Å². The predicted molar refractivity (Wildman–Crippen MR) is 103 cm³/mol. The lowest BCUT2D eigenvalue weighted by Gasteiger charge is -2.32. The minimum Gasteiger partial charge on any atom is -0.497 e. The molecule has 0 aromatic heterocycles. The van der Waals surface area contributed by atoms with E-state index in [1.165, 1.54) is 5.56 Å². The van der Waals surface area contributed by atoms with Crippen LogP contribution in [0.3, 0.4) is 0 Å². The Morgan fingerprint density at radius 3 is 2.37 bits per heavy atom. The van der Waals surface area contributed by atoms with Crippen molar-refractivity contribution in [2.45, 2.75) is 24.6 Å². The van der Waals surface area contributed by atoms with Gasteiger partial charge in [-0.1, -0.05) is 36.4 Å². The highest BCUT2D eigenvalue weighted by molar-refractivity contribution is 5.90. The maximum absolute atomic E-state index is 12.5. The maximum atomic E-state index is 12.5. The van der Waals surface area contributed by atoms with Crippen LogP contribution in [0.5, 0.6) is 5.75 Å². The lowest BCUT2D eigenvalue weighted by molar-refractivity contribution is -0.192. The molecule has 2 atom stereocenters. The second-order valence-corrected chi connectivity index (χ2v) is 6.49. The SMILES string of the molecule is COc1cccc(C(=O)O[C@H]2CNCC[C@@H]2c2ccccc2)c1.O=C(O)C(F)(F)F. The fraction of sp³-hybridized carbons (Fsp3) is 0.333. The molecule has 0 saturated carbocycles. The molecule has 0 aliphatic carbocycles. The summed E-state index contributed by atoms with van der Waals surface area (Å²) < 4.78 is 42.7. The van der Waals surface area contributed by atoms with Gasteiger partial charge in [-0.15, -0.1) is 0 Å². The van der Waals surface area contributed by atoms with E-state index in [0.29, 0.717) is 17.9 Å². The van der Waals surface area contributed by atoms with Crippen molar-refractivity contribution >= 4 is 11.9 Å². The molecule has 0 bridgehead atoms. The first-order valence-corrected chi connectivity index (χ1v) is 9.13. The van der Waals surface area contributed by atoms with Crippen LogP contribution < -0.4 is 10.1 Å². The summed E-state index contributed by atoms with van der Waals surface area (Å²) in [6.07, 6.45) is -4.29. The number of rotatable bonds is 4. The summed E-state index contributed by atoms with van der Waals surface area (Å²) in [6, 6.07) is 17.3. The number of carboxylic acid groups (broad SMARTS) is 1. The molecule has 9 heteroatoms. The topological polar surface area (TPSA) is 84.9 Å². The van der Waals surface area contributed by atoms with Gasteiger partial charge in [-0.05, 0) is 36.7 Å². The fourth-order valence-corrected chi connectivity index (χ4v) is 2.99. The number of methoxy groups -OCH3 is 1. The van der Waals surface area contributed by atoms with Gasteiger partial charge < -0.3 is 19.9 Å². The minimum atomic E-state index is -5.08. The van der Waals surface area contributed by atoms with E-state index in [-0.39, 0.29) is 18.0 Å². The molecule has 0 radical (unpaired) electrons. The smallest absolute Gasteiger partial charge is 0.490 e. The molecule has 30 heavy (non-hydrogen) atoms. The molecule has 0 spiro atoms. The Hall–Kier alpha value is -3.07. The number of nitrogens with one attached hydrogen (secondary N) is 1. The third-order valence-electron chi connectivity index (χ3n) is 4.46. The van der Waals surface area contributed by atoms with E-state index in [4.69, 9.17) is 19.4 Å². The summed E-state index contributed by atoms with van der Waals surface area (Å²) in [7, 11) is 1.58. The Morgan fingerprint density at radius 2 is 1.77 bits per heavy atom. The molecule has 2 aromatic carbocycles.